The van der Waals surface area contributed by atoms with Crippen molar-refractivity contribution in [1.82, 2.24) is 9.55 Å². The minimum absolute atomic E-state index is 0.0466. The van der Waals surface area contributed by atoms with Crippen LogP contribution in [-0.2, 0) is 9.47 Å². The molecule has 3 N–H and O–H groups in total. The number of Topliss-reactive ketones (excluding diaryl/α,β-unsaturated/α-hetero) is 1. The molecule has 0 bridgehead atoms. The van der Waals surface area contributed by atoms with Crippen molar-refractivity contribution in [2.24, 2.45) is 0 Å². The molecule has 2 aromatic rings. The number of aryl methyl sites for hydroxylation is 1. The second-order valence-electron chi connectivity index (χ2n) is 6.75. The molecule has 0 radical (unpaired) electrons. The van der Waals surface area contributed by atoms with Crippen LogP contribution in [0.4, 0.5) is 4.79 Å². The van der Waals surface area contributed by atoms with Crippen molar-refractivity contribution in [2.45, 2.75) is 44.3 Å². The number of nitrogens with one attached hydrogen (secondary N) is 1. The summed E-state index contributed by atoms with van der Waals surface area (Å²) in [5.74, 6) is -0.381. The second-order valence-corrected chi connectivity index (χ2v) is 6.75. The predicted molar refractivity (Wildman–Crippen MR) is 98.9 cm³/mol. The molecular formula is C19H20N2O8. The van der Waals surface area contributed by atoms with Crippen molar-refractivity contribution in [2.75, 3.05) is 0 Å². The fourth-order valence-electron chi connectivity index (χ4n) is 3.26. The first-order valence-corrected chi connectivity index (χ1v) is 8.89. The third-order valence-electron chi connectivity index (χ3n) is 4.69. The first-order valence-electron chi connectivity index (χ1n) is 8.89. The highest BCUT2D eigenvalue weighted by Crippen LogP contribution is 2.32. The van der Waals surface area contributed by atoms with Crippen LogP contribution in [0.5, 0.6) is 0 Å². The maximum Gasteiger partial charge on any atom is 0.506 e. The minimum Gasteiger partial charge on any atom is -0.450 e. The maximum absolute atomic E-state index is 12.5. The Morgan fingerprint density at radius 2 is 2.00 bits per heavy atom. The number of aliphatic hydroxyl groups excluding tert-OH is 1. The number of ketones is 1. The average Bonchev–Trinajstić information content (AvgIpc) is 3.06. The molecule has 3 rings (SSSR count). The van der Waals surface area contributed by atoms with Crippen LogP contribution >= 0.6 is 0 Å². The van der Waals surface area contributed by atoms with Crippen molar-refractivity contribution in [3.63, 3.8) is 0 Å². The molecule has 4 atom stereocenters. The number of ether oxygens (including phenoxy) is 2. The number of aromatic amines is 1. The Bertz CT molecular complexity index is 1010. The summed E-state index contributed by atoms with van der Waals surface area (Å²) >= 11 is 0. The van der Waals surface area contributed by atoms with Gasteiger partial charge in [-0.1, -0.05) is 30.3 Å². The van der Waals surface area contributed by atoms with Gasteiger partial charge in [0.25, 0.3) is 5.56 Å². The van der Waals surface area contributed by atoms with Gasteiger partial charge < -0.3 is 19.7 Å². The number of nitrogens with zero attached hydrogens (tertiary/aromatic N) is 1. The molecule has 10 nitrogen and oxygen atoms in total. The number of carbonyl (C=O) groups is 2. The third kappa shape index (κ3) is 4.61. The smallest absolute Gasteiger partial charge is 0.450 e. The monoisotopic (exact) mass is 404 g/mol. The normalized spacial score (nSPS) is 22.2. The summed E-state index contributed by atoms with van der Waals surface area (Å²) in [6.45, 7) is 1.51. The number of aliphatic hydroxyl groups is 1. The van der Waals surface area contributed by atoms with Gasteiger partial charge in [0.2, 0.25) is 0 Å². The van der Waals surface area contributed by atoms with Gasteiger partial charge in [0.1, 0.15) is 18.4 Å². The molecule has 0 aliphatic carbocycles. The standard InChI is InChI=1S/C19H20N2O8/c1-10-9-21(18(25)20-17(10)24)15-8-13(23)16(29-15)14(28-19(26)27)7-12(22)11-5-3-2-4-6-11/h2-6,9,13-16,23H,7-8H2,1H3,(H,26,27)(H,20,24,25)/t13-,14?,15+,16-/m0/s1. The molecule has 1 saturated heterocycles. The number of carboxylic acid groups (broad SMARTS) is 1. The molecule has 0 spiro atoms. The number of benzene rings is 1. The summed E-state index contributed by atoms with van der Waals surface area (Å²) in [7, 11) is 0. The van der Waals surface area contributed by atoms with E-state index in [1.165, 1.54) is 13.1 Å². The Balaban J connectivity index is 1.82. The SMILES string of the molecule is Cc1cn([C@H]2C[C@H](O)[C@@H](C(CC(=O)c3ccccc3)OC(=O)O)O2)c(=O)[nH]c1=O. The van der Waals surface area contributed by atoms with Crippen LogP contribution in [0.3, 0.4) is 0 Å². The zero-order valence-electron chi connectivity index (χ0n) is 15.5. The molecule has 1 unspecified atom stereocenters. The van der Waals surface area contributed by atoms with Gasteiger partial charge in [0.15, 0.2) is 5.78 Å². The number of hydrogen-bond acceptors (Lipinski definition) is 7. The number of aromatic nitrogens is 2. The van der Waals surface area contributed by atoms with Gasteiger partial charge in [-0.25, -0.2) is 9.59 Å². The largest absolute Gasteiger partial charge is 0.506 e. The van der Waals surface area contributed by atoms with Crippen LogP contribution in [0.1, 0.15) is 35.0 Å². The zero-order valence-corrected chi connectivity index (χ0v) is 15.5. The number of H-pyrrole nitrogens is 1. The highest BCUT2D eigenvalue weighted by atomic mass is 16.7. The lowest BCUT2D eigenvalue weighted by atomic mass is 9.99. The third-order valence-corrected chi connectivity index (χ3v) is 4.69. The summed E-state index contributed by atoms with van der Waals surface area (Å²) in [5, 5.41) is 19.4. The summed E-state index contributed by atoms with van der Waals surface area (Å²) in [5.41, 5.74) is -0.636. The number of carbonyl (C=O) groups excluding carboxylic acids is 1. The van der Waals surface area contributed by atoms with E-state index in [0.717, 1.165) is 4.57 Å². The molecule has 1 aromatic carbocycles. The van der Waals surface area contributed by atoms with Gasteiger partial charge >= 0.3 is 11.8 Å². The molecule has 1 aromatic heterocycles. The van der Waals surface area contributed by atoms with Crippen molar-refractivity contribution >= 4 is 11.9 Å². The quantitative estimate of drug-likeness (QED) is 0.474. The molecule has 2 heterocycles. The van der Waals surface area contributed by atoms with Gasteiger partial charge in [0, 0.05) is 23.7 Å². The lowest BCUT2D eigenvalue weighted by Gasteiger charge is -2.24. The molecule has 1 aliphatic rings. The van der Waals surface area contributed by atoms with Gasteiger partial charge in [-0.05, 0) is 6.92 Å². The van der Waals surface area contributed by atoms with Gasteiger partial charge in [-0.3, -0.25) is 19.1 Å². The van der Waals surface area contributed by atoms with Crippen LogP contribution in [0, 0.1) is 6.92 Å². The number of hydrogen-bond donors (Lipinski definition) is 3. The molecule has 154 valence electrons. The Kier molecular flexibility index (Phi) is 5.95. The van der Waals surface area contributed by atoms with E-state index in [-0.39, 0.29) is 24.2 Å². The van der Waals surface area contributed by atoms with Crippen molar-refractivity contribution < 1.29 is 29.3 Å². The van der Waals surface area contributed by atoms with E-state index in [0.29, 0.717) is 5.56 Å². The Morgan fingerprint density at radius 3 is 2.66 bits per heavy atom. The summed E-state index contributed by atoms with van der Waals surface area (Å²) in [6, 6.07) is 8.24. The van der Waals surface area contributed by atoms with Crippen LogP contribution in [0.15, 0.2) is 46.1 Å². The minimum atomic E-state index is -1.62. The lowest BCUT2D eigenvalue weighted by Crippen LogP contribution is -2.39. The van der Waals surface area contributed by atoms with E-state index in [1.807, 2.05) is 0 Å². The zero-order chi connectivity index (χ0) is 21.1. The summed E-state index contributed by atoms with van der Waals surface area (Å²) < 4.78 is 11.6. The molecule has 10 heteroatoms. The second kappa shape index (κ2) is 8.41. The van der Waals surface area contributed by atoms with E-state index in [1.54, 1.807) is 30.3 Å². The summed E-state index contributed by atoms with van der Waals surface area (Å²) in [6.07, 6.45) is -5.30. The molecule has 0 saturated carbocycles. The van der Waals surface area contributed by atoms with E-state index in [2.05, 4.69) is 4.98 Å². The van der Waals surface area contributed by atoms with Crippen LogP contribution in [-0.4, -0.2) is 50.0 Å². The molecule has 1 fully saturated rings. The fourth-order valence-corrected chi connectivity index (χ4v) is 3.26. The van der Waals surface area contributed by atoms with E-state index >= 15 is 0 Å². The van der Waals surface area contributed by atoms with E-state index in [9.17, 15) is 24.3 Å². The average molecular weight is 404 g/mol. The van der Waals surface area contributed by atoms with Crippen molar-refractivity contribution in [3.05, 3.63) is 68.5 Å². The van der Waals surface area contributed by atoms with Gasteiger partial charge in [-0.2, -0.15) is 0 Å². The van der Waals surface area contributed by atoms with Crippen LogP contribution in [0.25, 0.3) is 0 Å². The van der Waals surface area contributed by atoms with Crippen LogP contribution < -0.4 is 11.2 Å². The van der Waals surface area contributed by atoms with Gasteiger partial charge in [-0.15, -0.1) is 0 Å². The van der Waals surface area contributed by atoms with Gasteiger partial charge in [0.05, 0.1) is 12.5 Å². The molecule has 0 amide bonds. The summed E-state index contributed by atoms with van der Waals surface area (Å²) in [4.78, 5) is 49.3. The predicted octanol–water partition coefficient (Wildman–Crippen LogP) is 0.830. The first kappa shape index (κ1) is 20.5. The molecular weight excluding hydrogens is 384 g/mol. The highest BCUT2D eigenvalue weighted by molar-refractivity contribution is 5.96. The van der Waals surface area contributed by atoms with Crippen molar-refractivity contribution in [1.29, 1.82) is 0 Å². The van der Waals surface area contributed by atoms with E-state index in [4.69, 9.17) is 14.6 Å². The molecule has 1 aliphatic heterocycles. The maximum atomic E-state index is 12.5. The fraction of sp³-hybridized carbons (Fsp3) is 0.368. The Labute approximate surface area is 164 Å². The van der Waals surface area contributed by atoms with Crippen LogP contribution in [0.2, 0.25) is 0 Å². The topological polar surface area (TPSA) is 148 Å². The Morgan fingerprint density at radius 1 is 1.31 bits per heavy atom. The molecule has 29 heavy (non-hydrogen) atoms. The lowest BCUT2D eigenvalue weighted by molar-refractivity contribution is -0.0925. The Hall–Kier alpha value is -3.24. The van der Waals surface area contributed by atoms with E-state index < -0.39 is 41.9 Å². The first-order chi connectivity index (χ1) is 13.8. The number of rotatable bonds is 6. The highest BCUT2D eigenvalue weighted by Gasteiger charge is 2.43. The van der Waals surface area contributed by atoms with Crippen molar-refractivity contribution in [3.8, 4) is 0 Å².